The van der Waals surface area contributed by atoms with Crippen LogP contribution in [0.5, 0.6) is 5.75 Å². The molecule has 0 heterocycles. The number of hydrogen-bond donors (Lipinski definition) is 2. The van der Waals surface area contributed by atoms with Gasteiger partial charge in [0.2, 0.25) is 0 Å². The first-order valence-electron chi connectivity index (χ1n) is 7.22. The second-order valence-corrected chi connectivity index (χ2v) is 6.73. The van der Waals surface area contributed by atoms with Crippen LogP contribution in [-0.2, 0) is 4.79 Å². The molecule has 0 spiro atoms. The Kier molecular flexibility index (Phi) is 6.67. The van der Waals surface area contributed by atoms with Crippen LogP contribution in [0.3, 0.4) is 0 Å². The van der Waals surface area contributed by atoms with E-state index in [0.29, 0.717) is 22.1 Å². The minimum Gasteiger partial charge on any atom is -0.495 e. The van der Waals surface area contributed by atoms with E-state index in [-0.39, 0.29) is 5.57 Å². The number of benzene rings is 2. The number of rotatable bonds is 5. The quantitative estimate of drug-likeness (QED) is 0.379. The molecule has 0 aliphatic heterocycles. The van der Waals surface area contributed by atoms with E-state index >= 15 is 0 Å². The number of nitrogens with one attached hydrogen (secondary N) is 2. The summed E-state index contributed by atoms with van der Waals surface area (Å²) in [5.41, 5.74) is 2.17. The summed E-state index contributed by atoms with van der Waals surface area (Å²) in [6.45, 7) is 1.89. The molecule has 0 aliphatic rings. The first kappa shape index (κ1) is 19.1. The molecule has 5 nitrogen and oxygen atoms in total. The first-order chi connectivity index (χ1) is 11.9. The summed E-state index contributed by atoms with van der Waals surface area (Å²) in [4.78, 5) is 12.3. The van der Waals surface area contributed by atoms with Gasteiger partial charge in [0.15, 0.2) is 0 Å². The van der Waals surface area contributed by atoms with Crippen LogP contribution < -0.4 is 15.4 Å². The number of anilines is 2. The fourth-order valence-electron chi connectivity index (χ4n) is 2.02. The number of amides is 1. The van der Waals surface area contributed by atoms with E-state index in [2.05, 4.69) is 33.2 Å². The molecule has 25 heavy (non-hydrogen) atoms. The summed E-state index contributed by atoms with van der Waals surface area (Å²) in [5, 5.41) is 15.3. The van der Waals surface area contributed by atoms with Gasteiger partial charge in [-0.15, -0.1) is 0 Å². The number of carbonyl (C=O) groups is 1. The number of ether oxygens (including phenoxy) is 1. The van der Waals surface area contributed by atoms with Crippen LogP contribution in [0.15, 0.2) is 48.2 Å². The SMILES string of the molecule is COc1ccc(N/C=C(/C#N)C(=O)Nc2ccc(I)cc2C)cc1Cl. The molecule has 2 rings (SSSR count). The molecule has 1 amide bonds. The highest BCUT2D eigenvalue weighted by Gasteiger charge is 2.11. The zero-order valence-electron chi connectivity index (χ0n) is 13.6. The van der Waals surface area contributed by atoms with Crippen molar-refractivity contribution in [3.63, 3.8) is 0 Å². The molecule has 0 saturated heterocycles. The van der Waals surface area contributed by atoms with Gasteiger partial charge in [0, 0.05) is 21.1 Å². The Morgan fingerprint density at radius 2 is 2.08 bits per heavy atom. The van der Waals surface area contributed by atoms with E-state index in [4.69, 9.17) is 16.3 Å². The lowest BCUT2D eigenvalue weighted by Gasteiger charge is -2.09. The Morgan fingerprint density at radius 3 is 2.68 bits per heavy atom. The summed E-state index contributed by atoms with van der Waals surface area (Å²) >= 11 is 8.25. The maximum absolute atomic E-state index is 12.3. The summed E-state index contributed by atoms with van der Waals surface area (Å²) in [7, 11) is 1.53. The highest BCUT2D eigenvalue weighted by molar-refractivity contribution is 14.1. The van der Waals surface area contributed by atoms with Gasteiger partial charge in [-0.25, -0.2) is 0 Å². The van der Waals surface area contributed by atoms with Gasteiger partial charge in [0.05, 0.1) is 12.1 Å². The first-order valence-corrected chi connectivity index (χ1v) is 8.68. The molecule has 0 unspecified atom stereocenters. The average Bonchev–Trinajstić information content (AvgIpc) is 2.58. The molecule has 128 valence electrons. The Bertz CT molecular complexity index is 875. The number of halogens is 2. The molecule has 0 aliphatic carbocycles. The lowest BCUT2D eigenvalue weighted by molar-refractivity contribution is -0.112. The Morgan fingerprint density at radius 1 is 1.32 bits per heavy atom. The third kappa shape index (κ3) is 5.11. The van der Waals surface area contributed by atoms with Crippen LogP contribution in [0.25, 0.3) is 0 Å². The van der Waals surface area contributed by atoms with E-state index in [1.807, 2.05) is 25.1 Å². The van der Waals surface area contributed by atoms with Gasteiger partial charge in [0.25, 0.3) is 5.91 Å². The van der Waals surface area contributed by atoms with Gasteiger partial charge in [-0.1, -0.05) is 11.6 Å². The average molecular weight is 468 g/mol. The number of methoxy groups -OCH3 is 1. The van der Waals surface area contributed by atoms with Crippen LogP contribution in [0.1, 0.15) is 5.56 Å². The smallest absolute Gasteiger partial charge is 0.267 e. The van der Waals surface area contributed by atoms with Gasteiger partial charge >= 0.3 is 0 Å². The second kappa shape index (κ2) is 8.74. The summed E-state index contributed by atoms with van der Waals surface area (Å²) < 4.78 is 6.15. The molecular weight excluding hydrogens is 453 g/mol. The second-order valence-electron chi connectivity index (χ2n) is 5.08. The predicted octanol–water partition coefficient (Wildman–Crippen LogP) is 4.72. The summed E-state index contributed by atoms with van der Waals surface area (Å²) in [6, 6.07) is 12.6. The highest BCUT2D eigenvalue weighted by atomic mass is 127. The third-order valence-corrected chi connectivity index (χ3v) is 4.30. The molecule has 7 heteroatoms. The van der Waals surface area contributed by atoms with Crippen molar-refractivity contribution in [2.45, 2.75) is 6.92 Å². The molecule has 0 saturated carbocycles. The minimum atomic E-state index is -0.487. The topological polar surface area (TPSA) is 74.1 Å². The van der Waals surface area contributed by atoms with Crippen molar-refractivity contribution in [1.82, 2.24) is 0 Å². The van der Waals surface area contributed by atoms with Gasteiger partial charge < -0.3 is 15.4 Å². The third-order valence-electron chi connectivity index (χ3n) is 3.34. The molecule has 0 bridgehead atoms. The van der Waals surface area contributed by atoms with Crippen LogP contribution in [0.2, 0.25) is 5.02 Å². The standard InChI is InChI=1S/C18H15ClIN3O2/c1-11-7-13(20)3-5-16(11)23-18(24)12(9-21)10-22-14-4-6-17(25-2)15(19)8-14/h3-8,10,22H,1-2H3,(H,23,24)/b12-10-. The minimum absolute atomic E-state index is 0.0510. The Labute approximate surface area is 164 Å². The van der Waals surface area contributed by atoms with Crippen molar-refractivity contribution >= 4 is 51.5 Å². The van der Waals surface area contributed by atoms with Crippen molar-refractivity contribution in [2.75, 3.05) is 17.7 Å². The largest absolute Gasteiger partial charge is 0.495 e. The molecule has 2 aromatic rings. The number of hydrogen-bond acceptors (Lipinski definition) is 4. The lowest BCUT2D eigenvalue weighted by atomic mass is 10.2. The summed E-state index contributed by atoms with van der Waals surface area (Å²) in [5.74, 6) is 0.0579. The highest BCUT2D eigenvalue weighted by Crippen LogP contribution is 2.27. The van der Waals surface area contributed by atoms with Crippen molar-refractivity contribution in [3.05, 3.63) is 62.3 Å². The maximum Gasteiger partial charge on any atom is 0.267 e. The fourth-order valence-corrected chi connectivity index (χ4v) is 2.92. The van der Waals surface area contributed by atoms with E-state index in [1.54, 1.807) is 24.3 Å². The van der Waals surface area contributed by atoms with Gasteiger partial charge in [-0.2, -0.15) is 5.26 Å². The Balaban J connectivity index is 2.12. The van der Waals surface area contributed by atoms with Gasteiger partial charge in [0.1, 0.15) is 17.4 Å². The molecule has 0 aromatic heterocycles. The van der Waals surface area contributed by atoms with E-state index in [9.17, 15) is 10.1 Å². The number of nitriles is 1. The molecule has 0 atom stereocenters. The number of aryl methyl sites for hydroxylation is 1. The van der Waals surface area contributed by atoms with Crippen LogP contribution >= 0.6 is 34.2 Å². The monoisotopic (exact) mass is 467 g/mol. The van der Waals surface area contributed by atoms with Crippen LogP contribution in [-0.4, -0.2) is 13.0 Å². The molecule has 0 radical (unpaired) electrons. The van der Waals surface area contributed by atoms with Crippen molar-refractivity contribution < 1.29 is 9.53 Å². The molecule has 2 N–H and O–H groups in total. The van der Waals surface area contributed by atoms with Gasteiger partial charge in [-0.3, -0.25) is 4.79 Å². The zero-order chi connectivity index (χ0) is 18.4. The van der Waals surface area contributed by atoms with Crippen molar-refractivity contribution in [3.8, 4) is 11.8 Å². The number of carbonyl (C=O) groups excluding carboxylic acids is 1. The zero-order valence-corrected chi connectivity index (χ0v) is 16.5. The van der Waals surface area contributed by atoms with Gasteiger partial charge in [-0.05, 0) is 71.5 Å². The number of nitrogens with zero attached hydrogens (tertiary/aromatic N) is 1. The normalized spacial score (nSPS) is 10.8. The summed E-state index contributed by atoms with van der Waals surface area (Å²) in [6.07, 6.45) is 1.34. The van der Waals surface area contributed by atoms with Crippen LogP contribution in [0.4, 0.5) is 11.4 Å². The lowest BCUT2D eigenvalue weighted by Crippen LogP contribution is -2.15. The Hall–Kier alpha value is -2.24. The molecule has 0 fully saturated rings. The van der Waals surface area contributed by atoms with Crippen molar-refractivity contribution in [1.29, 1.82) is 5.26 Å². The molecule has 2 aromatic carbocycles. The maximum atomic E-state index is 12.3. The molecular formula is C18H15ClIN3O2. The predicted molar refractivity (Wildman–Crippen MR) is 108 cm³/mol. The van der Waals surface area contributed by atoms with Crippen molar-refractivity contribution in [2.24, 2.45) is 0 Å². The van der Waals surface area contributed by atoms with E-state index in [0.717, 1.165) is 9.13 Å². The van der Waals surface area contributed by atoms with Crippen LogP contribution in [0, 0.1) is 21.8 Å². The van der Waals surface area contributed by atoms with E-state index < -0.39 is 5.91 Å². The fraction of sp³-hybridized carbons (Fsp3) is 0.111. The van der Waals surface area contributed by atoms with E-state index in [1.165, 1.54) is 13.3 Å².